The van der Waals surface area contributed by atoms with Gasteiger partial charge in [0.05, 0.1) is 25.4 Å². The van der Waals surface area contributed by atoms with E-state index in [1.54, 1.807) is 0 Å². The molecule has 0 bridgehead atoms. The average Bonchev–Trinajstić information content (AvgIpc) is 2.02. The summed E-state index contributed by atoms with van der Waals surface area (Å²) in [5, 5.41) is 11.6. The van der Waals surface area contributed by atoms with Crippen molar-refractivity contribution in [2.24, 2.45) is 0 Å². The van der Waals surface area contributed by atoms with E-state index in [0.717, 1.165) is 6.42 Å². The van der Waals surface area contributed by atoms with Crippen LogP contribution in [0, 0.1) is 0 Å². The standard InChI is InChI=1S/C7H11NO4/c9-6(10)5-8-7(1-2-12-5)3-11-4-7/h5,8H,1-4H2,(H,9,10). The van der Waals surface area contributed by atoms with Crippen molar-refractivity contribution in [2.45, 2.75) is 18.2 Å². The van der Waals surface area contributed by atoms with Crippen LogP contribution in [0.15, 0.2) is 0 Å². The van der Waals surface area contributed by atoms with E-state index in [-0.39, 0.29) is 5.54 Å². The molecule has 0 aliphatic carbocycles. The second-order valence-electron chi connectivity index (χ2n) is 3.26. The SMILES string of the molecule is O=C(O)C1NC2(CCO1)COC2. The third-order valence-electron chi connectivity index (χ3n) is 2.28. The Bertz CT molecular complexity index is 202. The van der Waals surface area contributed by atoms with Crippen molar-refractivity contribution in [3.8, 4) is 0 Å². The van der Waals surface area contributed by atoms with E-state index in [4.69, 9.17) is 14.6 Å². The minimum atomic E-state index is -0.957. The molecule has 2 rings (SSSR count). The maximum atomic E-state index is 10.6. The number of carboxylic acid groups (broad SMARTS) is 1. The lowest BCUT2D eigenvalue weighted by Crippen LogP contribution is -2.68. The fraction of sp³-hybridized carbons (Fsp3) is 0.857. The molecule has 2 fully saturated rings. The van der Waals surface area contributed by atoms with Gasteiger partial charge in [0.15, 0.2) is 0 Å². The van der Waals surface area contributed by atoms with E-state index in [1.807, 2.05) is 0 Å². The zero-order valence-electron chi connectivity index (χ0n) is 6.58. The number of hydrogen-bond acceptors (Lipinski definition) is 4. The smallest absolute Gasteiger partial charge is 0.348 e. The van der Waals surface area contributed by atoms with Gasteiger partial charge in [-0.25, -0.2) is 4.79 Å². The molecule has 12 heavy (non-hydrogen) atoms. The summed E-state index contributed by atoms with van der Waals surface area (Å²) in [6, 6.07) is 0. The lowest BCUT2D eigenvalue weighted by Gasteiger charge is -2.46. The van der Waals surface area contributed by atoms with Crippen LogP contribution < -0.4 is 5.32 Å². The summed E-state index contributed by atoms with van der Waals surface area (Å²) in [7, 11) is 0. The molecule has 2 aliphatic heterocycles. The van der Waals surface area contributed by atoms with Crippen LogP contribution in [0.3, 0.4) is 0 Å². The minimum absolute atomic E-state index is 0.124. The number of carbonyl (C=O) groups is 1. The van der Waals surface area contributed by atoms with Gasteiger partial charge in [-0.2, -0.15) is 0 Å². The molecule has 5 nitrogen and oxygen atoms in total. The van der Waals surface area contributed by atoms with Gasteiger partial charge >= 0.3 is 5.97 Å². The summed E-state index contributed by atoms with van der Waals surface area (Å²) in [6.07, 6.45) is -0.0285. The first-order chi connectivity index (χ1) is 5.72. The van der Waals surface area contributed by atoms with Gasteiger partial charge in [-0.1, -0.05) is 0 Å². The van der Waals surface area contributed by atoms with Gasteiger partial charge in [0.25, 0.3) is 0 Å². The molecular weight excluding hydrogens is 162 g/mol. The van der Waals surface area contributed by atoms with Gasteiger partial charge in [0.1, 0.15) is 0 Å². The van der Waals surface area contributed by atoms with Gasteiger partial charge in [-0.3, -0.25) is 5.32 Å². The van der Waals surface area contributed by atoms with E-state index in [2.05, 4.69) is 5.32 Å². The van der Waals surface area contributed by atoms with E-state index < -0.39 is 12.2 Å². The Morgan fingerprint density at radius 3 is 2.83 bits per heavy atom. The Hall–Kier alpha value is -0.650. The van der Waals surface area contributed by atoms with Gasteiger partial charge in [-0.05, 0) is 6.42 Å². The number of ether oxygens (including phenoxy) is 2. The molecule has 0 aromatic carbocycles. The second kappa shape index (κ2) is 2.69. The zero-order chi connectivity index (χ0) is 8.60. The topological polar surface area (TPSA) is 67.8 Å². The molecular formula is C7H11NO4. The molecule has 2 aliphatic rings. The number of nitrogens with one attached hydrogen (secondary N) is 1. The highest BCUT2D eigenvalue weighted by Crippen LogP contribution is 2.25. The van der Waals surface area contributed by atoms with Crippen LogP contribution in [0.25, 0.3) is 0 Å². The fourth-order valence-electron chi connectivity index (χ4n) is 1.47. The summed E-state index contributed by atoms with van der Waals surface area (Å²) in [5.74, 6) is -0.957. The van der Waals surface area contributed by atoms with E-state index in [9.17, 15) is 4.79 Å². The number of carboxylic acids is 1. The molecule has 1 unspecified atom stereocenters. The quantitative estimate of drug-likeness (QED) is 0.542. The first-order valence-electron chi connectivity index (χ1n) is 3.92. The Morgan fingerprint density at radius 2 is 2.33 bits per heavy atom. The zero-order valence-corrected chi connectivity index (χ0v) is 6.58. The van der Waals surface area contributed by atoms with Crippen molar-refractivity contribution in [1.29, 1.82) is 0 Å². The number of rotatable bonds is 1. The lowest BCUT2D eigenvalue weighted by molar-refractivity contribution is -0.179. The minimum Gasteiger partial charge on any atom is -0.478 e. The summed E-state index contributed by atoms with van der Waals surface area (Å²) >= 11 is 0. The van der Waals surface area contributed by atoms with Crippen molar-refractivity contribution in [1.82, 2.24) is 5.32 Å². The van der Waals surface area contributed by atoms with Gasteiger partial charge in [0.2, 0.25) is 6.23 Å². The van der Waals surface area contributed by atoms with Crippen LogP contribution >= 0.6 is 0 Å². The average molecular weight is 173 g/mol. The molecule has 0 saturated carbocycles. The maximum absolute atomic E-state index is 10.6. The first kappa shape index (κ1) is 7.97. The highest BCUT2D eigenvalue weighted by Gasteiger charge is 2.44. The van der Waals surface area contributed by atoms with E-state index in [0.29, 0.717) is 19.8 Å². The summed E-state index contributed by atoms with van der Waals surface area (Å²) in [6.45, 7) is 1.69. The van der Waals surface area contributed by atoms with E-state index >= 15 is 0 Å². The molecule has 5 heteroatoms. The van der Waals surface area contributed by atoms with Crippen LogP contribution in [0.5, 0.6) is 0 Å². The molecule has 0 radical (unpaired) electrons. The lowest BCUT2D eigenvalue weighted by atomic mass is 9.92. The van der Waals surface area contributed by atoms with Crippen LogP contribution in [0.2, 0.25) is 0 Å². The highest BCUT2D eigenvalue weighted by molar-refractivity contribution is 5.72. The summed E-state index contributed by atoms with van der Waals surface area (Å²) in [5.41, 5.74) is -0.124. The molecule has 0 aromatic heterocycles. The van der Waals surface area contributed by atoms with Crippen molar-refractivity contribution >= 4 is 5.97 Å². The third kappa shape index (κ3) is 1.20. The van der Waals surface area contributed by atoms with Crippen LogP contribution in [-0.4, -0.2) is 42.7 Å². The van der Waals surface area contributed by atoms with Crippen LogP contribution in [0.4, 0.5) is 0 Å². The van der Waals surface area contributed by atoms with Crippen LogP contribution in [-0.2, 0) is 14.3 Å². The van der Waals surface area contributed by atoms with Gasteiger partial charge < -0.3 is 14.6 Å². The molecule has 1 atom stereocenters. The van der Waals surface area contributed by atoms with Crippen molar-refractivity contribution in [3.05, 3.63) is 0 Å². The van der Waals surface area contributed by atoms with Gasteiger partial charge in [-0.15, -0.1) is 0 Å². The van der Waals surface area contributed by atoms with Crippen LogP contribution in [0.1, 0.15) is 6.42 Å². The molecule has 68 valence electrons. The molecule has 0 amide bonds. The van der Waals surface area contributed by atoms with E-state index in [1.165, 1.54) is 0 Å². The first-order valence-corrected chi connectivity index (χ1v) is 3.92. The predicted octanol–water partition coefficient (Wildman–Crippen LogP) is -0.824. The number of aliphatic carboxylic acids is 1. The van der Waals surface area contributed by atoms with Crippen molar-refractivity contribution in [3.63, 3.8) is 0 Å². The Kier molecular flexibility index (Phi) is 1.79. The largest absolute Gasteiger partial charge is 0.478 e. The third-order valence-corrected chi connectivity index (χ3v) is 2.28. The molecule has 2 N–H and O–H groups in total. The molecule has 2 heterocycles. The number of hydrogen-bond donors (Lipinski definition) is 2. The maximum Gasteiger partial charge on any atom is 0.348 e. The molecule has 2 saturated heterocycles. The molecule has 1 spiro atoms. The Balaban J connectivity index is 1.98. The normalized spacial score (nSPS) is 32.8. The fourth-order valence-corrected chi connectivity index (χ4v) is 1.47. The van der Waals surface area contributed by atoms with Crippen molar-refractivity contribution < 1.29 is 19.4 Å². The summed E-state index contributed by atoms with van der Waals surface area (Å²) in [4.78, 5) is 10.6. The Labute approximate surface area is 69.6 Å². The van der Waals surface area contributed by atoms with Crippen molar-refractivity contribution in [2.75, 3.05) is 19.8 Å². The highest BCUT2D eigenvalue weighted by atomic mass is 16.5. The monoisotopic (exact) mass is 173 g/mol. The van der Waals surface area contributed by atoms with Gasteiger partial charge in [0, 0.05) is 0 Å². The Morgan fingerprint density at radius 1 is 1.58 bits per heavy atom. The molecule has 0 aromatic rings. The predicted molar refractivity (Wildman–Crippen MR) is 38.7 cm³/mol. The summed E-state index contributed by atoms with van der Waals surface area (Å²) < 4.78 is 10.0. The second-order valence-corrected chi connectivity index (χ2v) is 3.26.